The summed E-state index contributed by atoms with van der Waals surface area (Å²) in [4.78, 5) is 0. The molecule has 2 nitrogen and oxygen atoms in total. The Kier molecular flexibility index (Phi) is 3.23. The van der Waals surface area contributed by atoms with Crippen LogP contribution in [-0.4, -0.2) is 26.4 Å². The molecule has 0 saturated heterocycles. The second kappa shape index (κ2) is 2.91. The van der Waals surface area contributed by atoms with E-state index in [4.69, 9.17) is 9.11 Å². The molecular weight excluding hydrogens is 180 g/mol. The molecule has 0 heterocycles. The van der Waals surface area contributed by atoms with Crippen LogP contribution in [0.4, 0.5) is 0 Å². The lowest BCUT2D eigenvalue weighted by Gasteiger charge is -2.24. The molecule has 0 aromatic heterocycles. The van der Waals surface area contributed by atoms with E-state index in [1.54, 1.807) is 0 Å². The fourth-order valence-corrected chi connectivity index (χ4v) is 2.28. The van der Waals surface area contributed by atoms with Crippen LogP contribution in [0.2, 0.25) is 0 Å². The Morgan fingerprint density at radius 3 is 2.00 bits per heavy atom. The van der Waals surface area contributed by atoms with Crippen LogP contribution in [0.1, 0.15) is 0 Å². The van der Waals surface area contributed by atoms with Crippen LogP contribution >= 0.6 is 26.5 Å². The highest BCUT2D eigenvalue weighted by atomic mass is 79.9. The van der Waals surface area contributed by atoms with Gasteiger partial charge in [-0.15, -0.1) is 0 Å². The maximum absolute atomic E-state index is 8.63. The normalized spacial score (nSPS) is 14.3. The molecule has 0 aromatic carbocycles. The summed E-state index contributed by atoms with van der Waals surface area (Å²) in [5.74, 6) is 0.451. The highest BCUT2D eigenvalue weighted by Crippen LogP contribution is 2.32. The summed E-state index contributed by atoms with van der Waals surface area (Å²) in [5.41, 5.74) is 0. The molecular formula is C3H9BrO2S. The van der Waals surface area contributed by atoms with Crippen LogP contribution in [0.5, 0.6) is 0 Å². The minimum absolute atomic E-state index is 0.451. The molecule has 0 atom stereocenters. The van der Waals surface area contributed by atoms with Crippen molar-refractivity contribution in [1.29, 1.82) is 0 Å². The fourth-order valence-electron chi connectivity index (χ4n) is 0.146. The Labute approximate surface area is 53.4 Å². The van der Waals surface area contributed by atoms with Gasteiger partial charge in [-0.1, -0.05) is 15.9 Å². The zero-order valence-electron chi connectivity index (χ0n) is 4.09. The van der Waals surface area contributed by atoms with Crippen molar-refractivity contribution in [2.24, 2.45) is 0 Å². The molecule has 0 spiro atoms. The zero-order chi connectivity index (χ0) is 5.91. The van der Waals surface area contributed by atoms with Crippen LogP contribution in [-0.2, 0) is 0 Å². The standard InChI is InChI=1S/C3H9BrO2S/c1-7(5,6)3-2-4/h5-6H,2-3H2,1H3. The van der Waals surface area contributed by atoms with Crippen LogP contribution in [0, 0.1) is 0 Å². The van der Waals surface area contributed by atoms with Gasteiger partial charge in [0.25, 0.3) is 0 Å². The summed E-state index contributed by atoms with van der Waals surface area (Å²) in [7, 11) is -2.22. The monoisotopic (exact) mass is 188 g/mol. The van der Waals surface area contributed by atoms with E-state index in [2.05, 4.69) is 15.9 Å². The second-order valence-corrected chi connectivity index (χ2v) is 4.58. The lowest BCUT2D eigenvalue weighted by Crippen LogP contribution is -1.99. The Morgan fingerprint density at radius 1 is 1.57 bits per heavy atom. The van der Waals surface area contributed by atoms with E-state index in [0.29, 0.717) is 11.1 Å². The van der Waals surface area contributed by atoms with Crippen LogP contribution in [0.25, 0.3) is 0 Å². The highest BCUT2D eigenvalue weighted by Gasteiger charge is 1.99. The van der Waals surface area contributed by atoms with Gasteiger partial charge in [-0.2, -0.15) is 10.6 Å². The molecule has 0 bridgehead atoms. The topological polar surface area (TPSA) is 40.5 Å². The van der Waals surface area contributed by atoms with Crippen LogP contribution in [0.3, 0.4) is 0 Å². The van der Waals surface area contributed by atoms with Gasteiger partial charge in [0.05, 0.1) is 0 Å². The Balaban J connectivity index is 3.15. The average molecular weight is 189 g/mol. The maximum atomic E-state index is 8.63. The molecule has 2 N–H and O–H groups in total. The van der Waals surface area contributed by atoms with Gasteiger partial charge < -0.3 is 0 Å². The van der Waals surface area contributed by atoms with Gasteiger partial charge in [0, 0.05) is 17.3 Å². The van der Waals surface area contributed by atoms with Crippen LogP contribution < -0.4 is 0 Å². The van der Waals surface area contributed by atoms with Crippen molar-refractivity contribution in [3.8, 4) is 0 Å². The van der Waals surface area contributed by atoms with E-state index in [9.17, 15) is 0 Å². The predicted octanol–water partition coefficient (Wildman–Crippen LogP) is 1.76. The summed E-state index contributed by atoms with van der Waals surface area (Å²) in [6.45, 7) is 0. The van der Waals surface area contributed by atoms with Crippen molar-refractivity contribution in [2.45, 2.75) is 0 Å². The van der Waals surface area contributed by atoms with E-state index in [-0.39, 0.29) is 0 Å². The molecule has 0 aliphatic rings. The quantitative estimate of drug-likeness (QED) is 0.649. The molecule has 0 aromatic rings. The first-order chi connectivity index (χ1) is 3.06. The molecule has 0 aliphatic heterocycles. The number of rotatable bonds is 2. The molecule has 0 saturated carbocycles. The number of alkyl halides is 1. The van der Waals surface area contributed by atoms with Crippen molar-refractivity contribution in [3.63, 3.8) is 0 Å². The van der Waals surface area contributed by atoms with Crippen molar-refractivity contribution >= 4 is 26.5 Å². The summed E-state index contributed by atoms with van der Waals surface area (Å²) >= 11 is 3.09. The molecule has 0 radical (unpaired) electrons. The number of hydrogen-bond donors (Lipinski definition) is 2. The van der Waals surface area contributed by atoms with Crippen molar-refractivity contribution in [2.75, 3.05) is 17.3 Å². The van der Waals surface area contributed by atoms with Crippen molar-refractivity contribution < 1.29 is 9.11 Å². The van der Waals surface area contributed by atoms with Gasteiger partial charge in [0.1, 0.15) is 0 Å². The summed E-state index contributed by atoms with van der Waals surface area (Å²) in [6, 6.07) is 0. The predicted molar refractivity (Wildman–Crippen MR) is 37.4 cm³/mol. The number of halogens is 1. The SMILES string of the molecule is CS(O)(O)CCBr. The smallest absolute Gasteiger partial charge is 0.0468 e. The molecule has 7 heavy (non-hydrogen) atoms. The van der Waals surface area contributed by atoms with Gasteiger partial charge in [0.15, 0.2) is 0 Å². The first-order valence-corrected chi connectivity index (χ1v) is 5.07. The molecule has 0 unspecified atom stereocenters. The van der Waals surface area contributed by atoms with E-state index in [0.717, 1.165) is 0 Å². The van der Waals surface area contributed by atoms with E-state index < -0.39 is 10.6 Å². The fraction of sp³-hybridized carbons (Fsp3) is 1.00. The Morgan fingerprint density at radius 2 is 2.00 bits per heavy atom. The Bertz CT molecular complexity index is 51.4. The van der Waals surface area contributed by atoms with E-state index in [1.807, 2.05) is 0 Å². The zero-order valence-corrected chi connectivity index (χ0v) is 6.50. The number of hydrogen-bond acceptors (Lipinski definition) is 2. The van der Waals surface area contributed by atoms with Gasteiger partial charge >= 0.3 is 0 Å². The lowest BCUT2D eigenvalue weighted by atomic mass is 11.0. The third-order valence-electron chi connectivity index (χ3n) is 0.464. The summed E-state index contributed by atoms with van der Waals surface area (Å²) < 4.78 is 17.3. The molecule has 0 rings (SSSR count). The third kappa shape index (κ3) is 6.75. The summed E-state index contributed by atoms with van der Waals surface area (Å²) in [5, 5.41) is 0.659. The molecule has 0 fully saturated rings. The third-order valence-corrected chi connectivity index (χ3v) is 2.36. The minimum atomic E-state index is -2.22. The molecule has 0 aliphatic carbocycles. The van der Waals surface area contributed by atoms with Crippen molar-refractivity contribution in [1.82, 2.24) is 0 Å². The maximum Gasteiger partial charge on any atom is 0.0468 e. The second-order valence-electron chi connectivity index (χ2n) is 1.39. The van der Waals surface area contributed by atoms with Crippen molar-refractivity contribution in [3.05, 3.63) is 0 Å². The summed E-state index contributed by atoms with van der Waals surface area (Å²) in [6.07, 6.45) is 1.44. The van der Waals surface area contributed by atoms with E-state index >= 15 is 0 Å². The molecule has 4 heteroatoms. The van der Waals surface area contributed by atoms with Crippen LogP contribution in [0.15, 0.2) is 0 Å². The lowest BCUT2D eigenvalue weighted by molar-refractivity contribution is 0.497. The first kappa shape index (κ1) is 7.75. The molecule has 0 amide bonds. The highest BCUT2D eigenvalue weighted by molar-refractivity contribution is 9.09. The van der Waals surface area contributed by atoms with Gasteiger partial charge in [-0.05, 0) is 0 Å². The average Bonchev–Trinajstić information content (AvgIpc) is 1.30. The largest absolute Gasteiger partial charge is 0.300 e. The van der Waals surface area contributed by atoms with Gasteiger partial charge in [0.2, 0.25) is 0 Å². The minimum Gasteiger partial charge on any atom is -0.300 e. The van der Waals surface area contributed by atoms with Gasteiger partial charge in [-0.3, -0.25) is 9.11 Å². The Hall–Kier alpha value is 0.750. The first-order valence-electron chi connectivity index (χ1n) is 1.83. The van der Waals surface area contributed by atoms with Gasteiger partial charge in [-0.25, -0.2) is 0 Å². The molecule has 46 valence electrons. The van der Waals surface area contributed by atoms with E-state index in [1.165, 1.54) is 6.26 Å².